The normalized spacial score (nSPS) is 18.8. The van der Waals surface area contributed by atoms with E-state index in [4.69, 9.17) is 9.57 Å². The van der Waals surface area contributed by atoms with Crippen LogP contribution >= 0.6 is 0 Å². The molecule has 0 aliphatic carbocycles. The summed E-state index contributed by atoms with van der Waals surface area (Å²) in [5.41, 5.74) is 2.35. The van der Waals surface area contributed by atoms with E-state index in [1.807, 2.05) is 36.4 Å². The van der Waals surface area contributed by atoms with Crippen molar-refractivity contribution in [1.29, 1.82) is 0 Å². The van der Waals surface area contributed by atoms with Gasteiger partial charge in [-0.1, -0.05) is 48.5 Å². The SMILES string of the molecule is COC(=O)[C@@H]1c2nn(C(=O)Nc3ccccc3)cc2[C@@H]2CN1C(=O)N2OCc1ccccc1. The summed E-state index contributed by atoms with van der Waals surface area (Å²) in [5, 5.41) is 8.36. The van der Waals surface area contributed by atoms with Crippen molar-refractivity contribution in [2.24, 2.45) is 0 Å². The van der Waals surface area contributed by atoms with Crippen LogP contribution in [-0.2, 0) is 21.0 Å². The fourth-order valence-corrected chi connectivity index (χ4v) is 4.08. The number of hydrogen-bond donors (Lipinski definition) is 1. The van der Waals surface area contributed by atoms with Crippen molar-refractivity contribution in [3.8, 4) is 0 Å². The average Bonchev–Trinajstić information content (AvgIpc) is 3.40. The molecule has 1 N–H and O–H groups in total. The number of aromatic nitrogens is 2. The van der Waals surface area contributed by atoms with Crippen LogP contribution in [0.4, 0.5) is 15.3 Å². The van der Waals surface area contributed by atoms with Gasteiger partial charge in [0.1, 0.15) is 18.3 Å². The van der Waals surface area contributed by atoms with Gasteiger partial charge in [0.2, 0.25) is 0 Å². The van der Waals surface area contributed by atoms with Crippen LogP contribution < -0.4 is 5.32 Å². The van der Waals surface area contributed by atoms with Crippen molar-refractivity contribution >= 4 is 23.7 Å². The van der Waals surface area contributed by atoms with Gasteiger partial charge in [-0.3, -0.25) is 4.84 Å². The van der Waals surface area contributed by atoms with Gasteiger partial charge in [-0.2, -0.15) is 14.8 Å². The number of ether oxygens (including phenoxy) is 1. The Morgan fingerprint density at radius 2 is 1.79 bits per heavy atom. The van der Waals surface area contributed by atoms with Gasteiger partial charge < -0.3 is 15.0 Å². The third kappa shape index (κ3) is 3.70. The van der Waals surface area contributed by atoms with Crippen molar-refractivity contribution < 1.29 is 24.0 Å². The van der Waals surface area contributed by atoms with E-state index in [1.165, 1.54) is 23.3 Å². The topological polar surface area (TPSA) is 106 Å². The van der Waals surface area contributed by atoms with E-state index in [1.54, 1.807) is 24.3 Å². The number of nitrogens with one attached hydrogen (secondary N) is 1. The number of methoxy groups -OCH3 is 1. The summed E-state index contributed by atoms with van der Waals surface area (Å²) in [6.07, 6.45) is 1.53. The number of amides is 3. The summed E-state index contributed by atoms with van der Waals surface area (Å²) < 4.78 is 6.07. The number of esters is 1. The lowest BCUT2D eigenvalue weighted by atomic mass is 9.98. The average molecular weight is 447 g/mol. The standard InChI is InChI=1S/C23H21N5O5/c1-32-21(29)20-19-17(12-27(25-19)22(30)24-16-10-6-3-7-11-16)18-13-26(20)23(31)28(18)33-14-15-8-4-2-5-9-15/h2-12,18,20H,13-14H2,1H3,(H,24,30)/t18-,20-/m0/s1. The first-order chi connectivity index (χ1) is 16.1. The van der Waals surface area contributed by atoms with Gasteiger partial charge in [-0.05, 0) is 17.7 Å². The van der Waals surface area contributed by atoms with E-state index in [0.717, 1.165) is 10.2 Å². The van der Waals surface area contributed by atoms with Crippen molar-refractivity contribution in [3.63, 3.8) is 0 Å². The van der Waals surface area contributed by atoms with Gasteiger partial charge in [-0.15, -0.1) is 0 Å². The highest BCUT2D eigenvalue weighted by Crippen LogP contribution is 2.44. The zero-order valence-electron chi connectivity index (χ0n) is 17.7. The van der Waals surface area contributed by atoms with Crippen molar-refractivity contribution in [2.75, 3.05) is 19.0 Å². The highest BCUT2D eigenvalue weighted by molar-refractivity contribution is 5.91. The Balaban J connectivity index is 1.45. The molecule has 3 aromatic rings. The van der Waals surface area contributed by atoms with Crippen LogP contribution in [0.5, 0.6) is 0 Å². The van der Waals surface area contributed by atoms with E-state index in [9.17, 15) is 14.4 Å². The first kappa shape index (κ1) is 20.7. The Morgan fingerprint density at radius 1 is 1.09 bits per heavy atom. The second-order valence-corrected chi connectivity index (χ2v) is 7.67. The highest BCUT2D eigenvalue weighted by Gasteiger charge is 2.53. The molecule has 0 saturated carbocycles. The lowest BCUT2D eigenvalue weighted by Crippen LogP contribution is -2.39. The minimum Gasteiger partial charge on any atom is -0.467 e. The molecule has 2 aliphatic heterocycles. The minimum absolute atomic E-state index is 0.178. The molecule has 2 aromatic carbocycles. The van der Waals surface area contributed by atoms with E-state index >= 15 is 0 Å². The van der Waals surface area contributed by atoms with Crippen molar-refractivity contribution in [3.05, 3.63) is 83.7 Å². The number of rotatable bonds is 5. The van der Waals surface area contributed by atoms with Crippen LogP contribution in [0, 0.1) is 0 Å². The second-order valence-electron chi connectivity index (χ2n) is 7.67. The van der Waals surface area contributed by atoms with Gasteiger partial charge in [-0.25, -0.2) is 14.4 Å². The lowest BCUT2D eigenvalue weighted by Gasteiger charge is -2.27. The highest BCUT2D eigenvalue weighted by atomic mass is 16.7. The van der Waals surface area contributed by atoms with E-state index in [-0.39, 0.29) is 13.2 Å². The number of para-hydroxylation sites is 1. The van der Waals surface area contributed by atoms with Gasteiger partial charge in [0.15, 0.2) is 6.04 Å². The molecule has 2 aliphatic rings. The summed E-state index contributed by atoms with van der Waals surface area (Å²) in [4.78, 5) is 45.7. The number of nitrogens with zero attached hydrogens (tertiary/aromatic N) is 4. The first-order valence-corrected chi connectivity index (χ1v) is 10.4. The number of carbonyl (C=O) groups is 3. The zero-order chi connectivity index (χ0) is 22.9. The lowest BCUT2D eigenvalue weighted by molar-refractivity contribution is -0.146. The van der Waals surface area contributed by atoms with Gasteiger partial charge in [0.05, 0.1) is 13.7 Å². The Labute approximate surface area is 189 Å². The Bertz CT molecular complexity index is 1200. The van der Waals surface area contributed by atoms with E-state index in [0.29, 0.717) is 16.9 Å². The van der Waals surface area contributed by atoms with Crippen LogP contribution in [0.1, 0.15) is 28.9 Å². The molecule has 5 rings (SSSR count). The van der Waals surface area contributed by atoms with Crippen LogP contribution in [0.3, 0.4) is 0 Å². The summed E-state index contributed by atoms with van der Waals surface area (Å²) in [5.74, 6) is -0.637. The summed E-state index contributed by atoms with van der Waals surface area (Å²) >= 11 is 0. The number of hydroxylamine groups is 2. The van der Waals surface area contributed by atoms with E-state index < -0.39 is 30.1 Å². The molecule has 10 heteroatoms. The summed E-state index contributed by atoms with van der Waals surface area (Å²) in [6, 6.07) is 15.9. The molecule has 0 radical (unpaired) electrons. The van der Waals surface area contributed by atoms with Gasteiger partial charge in [0, 0.05) is 17.4 Å². The van der Waals surface area contributed by atoms with Crippen molar-refractivity contribution in [2.45, 2.75) is 18.7 Å². The molecule has 0 unspecified atom stereocenters. The number of anilines is 1. The maximum absolute atomic E-state index is 13.1. The minimum atomic E-state index is -1.06. The predicted octanol–water partition coefficient (Wildman–Crippen LogP) is 3.10. The Kier molecular flexibility index (Phi) is 5.27. The molecule has 2 bridgehead atoms. The largest absolute Gasteiger partial charge is 0.467 e. The molecular weight excluding hydrogens is 426 g/mol. The van der Waals surface area contributed by atoms with Crippen LogP contribution in [0.2, 0.25) is 0 Å². The fourth-order valence-electron chi connectivity index (χ4n) is 4.08. The molecule has 1 aromatic heterocycles. The molecule has 3 amide bonds. The number of fused-ring (bicyclic) bond motifs is 4. The fraction of sp³-hybridized carbons (Fsp3) is 0.217. The maximum atomic E-state index is 13.1. The summed E-state index contributed by atoms with van der Waals surface area (Å²) in [6.45, 7) is 0.393. The van der Waals surface area contributed by atoms with E-state index in [2.05, 4.69) is 10.4 Å². The molecule has 10 nitrogen and oxygen atoms in total. The molecule has 0 spiro atoms. The monoisotopic (exact) mass is 447 g/mol. The maximum Gasteiger partial charge on any atom is 0.346 e. The Morgan fingerprint density at radius 3 is 2.48 bits per heavy atom. The van der Waals surface area contributed by atoms with Crippen molar-refractivity contribution in [1.82, 2.24) is 19.7 Å². The van der Waals surface area contributed by atoms with Crippen LogP contribution in [0.25, 0.3) is 0 Å². The second kappa shape index (κ2) is 8.40. The first-order valence-electron chi connectivity index (χ1n) is 10.4. The Hall–Kier alpha value is -4.18. The zero-order valence-corrected chi connectivity index (χ0v) is 17.7. The number of benzene rings is 2. The molecule has 1 saturated heterocycles. The number of hydrogen-bond acceptors (Lipinski definition) is 6. The molecular formula is C23H21N5O5. The predicted molar refractivity (Wildman–Crippen MR) is 116 cm³/mol. The molecule has 168 valence electrons. The molecule has 3 heterocycles. The van der Waals surface area contributed by atoms with Crippen LogP contribution in [-0.4, -0.2) is 51.4 Å². The quantitative estimate of drug-likeness (QED) is 0.603. The van der Waals surface area contributed by atoms with Gasteiger partial charge in [0.25, 0.3) is 0 Å². The smallest absolute Gasteiger partial charge is 0.346 e. The third-order valence-electron chi connectivity index (χ3n) is 5.66. The third-order valence-corrected chi connectivity index (χ3v) is 5.66. The van der Waals surface area contributed by atoms with Gasteiger partial charge >= 0.3 is 18.0 Å². The molecule has 2 atom stereocenters. The molecule has 33 heavy (non-hydrogen) atoms. The summed E-state index contributed by atoms with van der Waals surface area (Å²) in [7, 11) is 1.25. The number of carbonyl (C=O) groups excluding carboxylic acids is 3. The molecule has 1 fully saturated rings. The van der Waals surface area contributed by atoms with Crippen LogP contribution in [0.15, 0.2) is 66.9 Å². The number of urea groups is 1.